The van der Waals surface area contributed by atoms with Gasteiger partial charge in [0.05, 0.1) is 19.8 Å². The van der Waals surface area contributed by atoms with Crippen LogP contribution in [0.4, 0.5) is 0 Å². The number of hydrogen-bond donors (Lipinski definition) is 0. The Balaban J connectivity index is 1.63. The van der Waals surface area contributed by atoms with Gasteiger partial charge in [-0.1, -0.05) is 18.2 Å². The fourth-order valence-corrected chi connectivity index (χ4v) is 3.61. The quantitative estimate of drug-likeness (QED) is 0.332. The molecule has 2 rings (SSSR count). The van der Waals surface area contributed by atoms with Crippen molar-refractivity contribution in [2.24, 2.45) is 0 Å². The molecule has 0 unspecified atom stereocenters. The molecule has 0 bridgehead atoms. The number of carbonyl (C=O) groups is 1. The molecule has 24 heavy (non-hydrogen) atoms. The van der Waals surface area contributed by atoms with E-state index in [1.165, 1.54) is 0 Å². The van der Waals surface area contributed by atoms with Gasteiger partial charge < -0.3 is 13.9 Å². The van der Waals surface area contributed by atoms with E-state index < -0.39 is 14.1 Å². The van der Waals surface area contributed by atoms with Crippen LogP contribution < -0.4 is 0 Å². The number of allylic oxidation sites excluding steroid dienone is 4. The molecule has 4 nitrogen and oxygen atoms in total. The molecule has 1 saturated heterocycles. The number of unbranched alkanes of at least 4 members (excludes halogenated alkanes) is 2. The van der Waals surface area contributed by atoms with E-state index in [1.54, 1.807) is 0 Å². The Hall–Kier alpha value is -0.753. The third kappa shape index (κ3) is 6.63. The number of ketones is 1. The van der Waals surface area contributed by atoms with E-state index in [2.05, 4.69) is 37.9 Å². The molecule has 0 amide bonds. The molecule has 136 valence electrons. The monoisotopic (exact) mass is 352 g/mol. The van der Waals surface area contributed by atoms with Crippen molar-refractivity contribution >= 4 is 14.1 Å². The standard InChI is InChI=1S/C19H32O4Si/c1-24(2,3)23-16-19(21-14-15-22-19)13-8-6-4-5-7-10-17-11-9-12-18(17)20/h5,7,11H,4,6,8-10,12-16H2,1-3H3. The second-order valence-electron chi connectivity index (χ2n) is 7.62. The molecule has 0 aromatic rings. The highest BCUT2D eigenvalue weighted by Gasteiger charge is 2.37. The van der Waals surface area contributed by atoms with E-state index in [0.29, 0.717) is 32.0 Å². The van der Waals surface area contributed by atoms with E-state index >= 15 is 0 Å². The Morgan fingerprint density at radius 1 is 1.21 bits per heavy atom. The molecular weight excluding hydrogens is 320 g/mol. The van der Waals surface area contributed by atoms with E-state index in [1.807, 2.05) is 0 Å². The lowest BCUT2D eigenvalue weighted by atomic mass is 10.1. The van der Waals surface area contributed by atoms with Gasteiger partial charge in [0, 0.05) is 12.8 Å². The number of hydrogen-bond acceptors (Lipinski definition) is 4. The van der Waals surface area contributed by atoms with Gasteiger partial charge in [0.2, 0.25) is 0 Å². The Kier molecular flexibility index (Phi) is 7.41. The van der Waals surface area contributed by atoms with Crippen molar-refractivity contribution in [3.05, 3.63) is 23.8 Å². The molecule has 1 fully saturated rings. The summed E-state index contributed by atoms with van der Waals surface area (Å²) in [7, 11) is -1.56. The largest absolute Gasteiger partial charge is 0.412 e. The first-order valence-corrected chi connectivity index (χ1v) is 12.6. The third-order valence-electron chi connectivity index (χ3n) is 4.34. The maximum Gasteiger partial charge on any atom is 0.190 e. The molecule has 1 aliphatic carbocycles. The van der Waals surface area contributed by atoms with Crippen LogP contribution in [0.1, 0.15) is 44.9 Å². The zero-order valence-corrected chi connectivity index (χ0v) is 16.4. The van der Waals surface area contributed by atoms with E-state index in [9.17, 15) is 4.79 Å². The summed E-state index contributed by atoms with van der Waals surface area (Å²) in [5.74, 6) is -0.204. The average molecular weight is 353 g/mol. The lowest BCUT2D eigenvalue weighted by molar-refractivity contribution is -0.183. The molecule has 2 aliphatic rings. The maximum absolute atomic E-state index is 11.5. The minimum atomic E-state index is -1.56. The highest BCUT2D eigenvalue weighted by molar-refractivity contribution is 6.69. The minimum absolute atomic E-state index is 0.319. The summed E-state index contributed by atoms with van der Waals surface area (Å²) in [6.45, 7) is 8.44. The molecule has 5 heteroatoms. The molecule has 0 spiro atoms. The van der Waals surface area contributed by atoms with Crippen LogP contribution >= 0.6 is 0 Å². The van der Waals surface area contributed by atoms with Crippen LogP contribution in [0.3, 0.4) is 0 Å². The number of ether oxygens (including phenoxy) is 2. The van der Waals surface area contributed by atoms with Crippen molar-refractivity contribution in [2.75, 3.05) is 19.8 Å². The Morgan fingerprint density at radius 2 is 1.96 bits per heavy atom. The zero-order valence-electron chi connectivity index (χ0n) is 15.4. The molecule has 0 saturated carbocycles. The van der Waals surface area contributed by atoms with Crippen molar-refractivity contribution in [1.82, 2.24) is 0 Å². The first-order chi connectivity index (χ1) is 11.4. The summed E-state index contributed by atoms with van der Waals surface area (Å²) >= 11 is 0. The normalized spacial score (nSPS) is 21.0. The van der Waals surface area contributed by atoms with Crippen LogP contribution in [-0.4, -0.2) is 39.7 Å². The zero-order chi connectivity index (χ0) is 17.5. The van der Waals surface area contributed by atoms with Gasteiger partial charge in [0.25, 0.3) is 0 Å². The van der Waals surface area contributed by atoms with E-state index in [-0.39, 0.29) is 0 Å². The topological polar surface area (TPSA) is 44.8 Å². The molecule has 0 radical (unpaired) electrons. The van der Waals surface area contributed by atoms with E-state index in [4.69, 9.17) is 13.9 Å². The summed E-state index contributed by atoms with van der Waals surface area (Å²) in [5.41, 5.74) is 0.987. The Labute approximate surface area is 147 Å². The highest BCUT2D eigenvalue weighted by Crippen LogP contribution is 2.28. The highest BCUT2D eigenvalue weighted by atomic mass is 28.4. The second kappa shape index (κ2) is 9.09. The molecule has 0 aromatic heterocycles. The number of Topliss-reactive ketones (excluding diaryl/α,β-unsaturated/α-hetero) is 1. The summed E-state index contributed by atoms with van der Waals surface area (Å²) in [4.78, 5) is 11.5. The Morgan fingerprint density at radius 3 is 2.58 bits per heavy atom. The van der Waals surface area contributed by atoms with Crippen LogP contribution in [0.2, 0.25) is 19.6 Å². The summed E-state index contributed by atoms with van der Waals surface area (Å²) < 4.78 is 17.7. The van der Waals surface area contributed by atoms with Gasteiger partial charge >= 0.3 is 0 Å². The summed E-state index contributed by atoms with van der Waals surface area (Å²) in [6, 6.07) is 0. The minimum Gasteiger partial charge on any atom is -0.412 e. The van der Waals surface area contributed by atoms with Crippen LogP contribution in [0, 0.1) is 0 Å². The van der Waals surface area contributed by atoms with Crippen LogP contribution in [0.25, 0.3) is 0 Å². The van der Waals surface area contributed by atoms with Gasteiger partial charge in [0.1, 0.15) is 0 Å². The second-order valence-corrected chi connectivity index (χ2v) is 12.1. The lowest BCUT2D eigenvalue weighted by Gasteiger charge is -2.30. The van der Waals surface area contributed by atoms with Gasteiger partial charge in [-0.15, -0.1) is 0 Å². The van der Waals surface area contributed by atoms with Crippen LogP contribution in [0.5, 0.6) is 0 Å². The van der Waals surface area contributed by atoms with Gasteiger partial charge in [-0.25, -0.2) is 0 Å². The predicted octanol–water partition coefficient (Wildman–Crippen LogP) is 4.38. The van der Waals surface area contributed by atoms with Crippen molar-refractivity contribution < 1.29 is 18.7 Å². The molecule has 0 N–H and O–H groups in total. The van der Waals surface area contributed by atoms with Gasteiger partial charge in [0.15, 0.2) is 19.9 Å². The fourth-order valence-electron chi connectivity index (χ4n) is 2.96. The van der Waals surface area contributed by atoms with Crippen LogP contribution in [0.15, 0.2) is 23.8 Å². The first kappa shape index (κ1) is 19.6. The summed E-state index contributed by atoms with van der Waals surface area (Å²) in [5, 5.41) is 0. The maximum atomic E-state index is 11.5. The summed E-state index contributed by atoms with van der Waals surface area (Å²) in [6.07, 6.45) is 12.9. The molecule has 1 heterocycles. The van der Waals surface area contributed by atoms with Gasteiger partial charge in [-0.3, -0.25) is 4.79 Å². The van der Waals surface area contributed by atoms with Crippen LogP contribution in [-0.2, 0) is 18.7 Å². The van der Waals surface area contributed by atoms with Crippen molar-refractivity contribution in [1.29, 1.82) is 0 Å². The first-order valence-electron chi connectivity index (χ1n) is 9.19. The number of rotatable bonds is 10. The predicted molar refractivity (Wildman–Crippen MR) is 98.5 cm³/mol. The van der Waals surface area contributed by atoms with Gasteiger partial charge in [-0.05, 0) is 57.3 Å². The molecular formula is C19H32O4Si. The fraction of sp³-hybridized carbons (Fsp3) is 0.737. The molecule has 1 aliphatic heterocycles. The lowest BCUT2D eigenvalue weighted by Crippen LogP contribution is -2.40. The molecule has 0 atom stereocenters. The number of carbonyl (C=O) groups excluding carboxylic acids is 1. The average Bonchev–Trinajstić information content (AvgIpc) is 3.14. The van der Waals surface area contributed by atoms with Crippen molar-refractivity contribution in [3.8, 4) is 0 Å². The van der Waals surface area contributed by atoms with E-state index in [0.717, 1.165) is 44.1 Å². The molecule has 0 aromatic carbocycles. The Bertz CT molecular complexity index is 470. The van der Waals surface area contributed by atoms with Crippen molar-refractivity contribution in [2.45, 2.75) is 70.4 Å². The SMILES string of the molecule is C[Si](C)(C)OCC1(CCCCC=CCC2=CCCC2=O)OCCO1. The van der Waals surface area contributed by atoms with Gasteiger partial charge in [-0.2, -0.15) is 0 Å². The smallest absolute Gasteiger partial charge is 0.190 e. The third-order valence-corrected chi connectivity index (χ3v) is 5.35. The van der Waals surface area contributed by atoms with Crippen molar-refractivity contribution in [3.63, 3.8) is 0 Å².